The van der Waals surface area contributed by atoms with Crippen LogP contribution in [0.2, 0.25) is 0 Å². The summed E-state index contributed by atoms with van der Waals surface area (Å²) in [5.74, 6) is -0.106. The number of nitrogens with one attached hydrogen (secondary N) is 2. The number of carbonyl (C=O) groups is 2. The number of rotatable bonds is 3. The summed E-state index contributed by atoms with van der Waals surface area (Å²) in [5, 5.41) is 5.69. The molecule has 2 amide bonds. The van der Waals surface area contributed by atoms with Gasteiger partial charge in [0.15, 0.2) is 0 Å². The van der Waals surface area contributed by atoms with Gasteiger partial charge in [0.1, 0.15) is 5.41 Å². The molecule has 0 aromatic heterocycles. The van der Waals surface area contributed by atoms with Crippen molar-refractivity contribution in [3.63, 3.8) is 0 Å². The van der Waals surface area contributed by atoms with Gasteiger partial charge in [-0.25, -0.2) is 0 Å². The molecule has 19 heavy (non-hydrogen) atoms. The molecule has 2 fully saturated rings. The molecule has 1 unspecified atom stereocenters. The number of carbonyl (C=O) groups excluding carboxylic acids is 2. The number of ether oxygens (including phenoxy) is 1. The van der Waals surface area contributed by atoms with E-state index in [1.807, 2.05) is 0 Å². The van der Waals surface area contributed by atoms with Gasteiger partial charge in [-0.1, -0.05) is 12.2 Å². The van der Waals surface area contributed by atoms with Crippen LogP contribution in [-0.4, -0.2) is 42.6 Å². The smallest absolute Gasteiger partial charge is 0.233 e. The summed E-state index contributed by atoms with van der Waals surface area (Å²) in [5.41, 5.74) is 4.98. The molecule has 106 valence electrons. The lowest BCUT2D eigenvalue weighted by atomic mass is 9.79. The quantitative estimate of drug-likeness (QED) is 0.606. The van der Waals surface area contributed by atoms with Crippen molar-refractivity contribution >= 4 is 29.0 Å². The van der Waals surface area contributed by atoms with E-state index in [4.69, 9.17) is 22.7 Å². The van der Waals surface area contributed by atoms with Crippen LogP contribution < -0.4 is 16.4 Å². The highest BCUT2D eigenvalue weighted by atomic mass is 32.1. The molecule has 4 N–H and O–H groups in total. The predicted molar refractivity (Wildman–Crippen MR) is 73.4 cm³/mol. The standard InChI is InChI=1S/C12H19N3O3S/c13-10(19)12(3-5-18-6-4-12)11(17)15-8-1-2-9(16)14-7-8/h8H,1-7H2,(H2,13,19)(H,14,16)(H,15,17). The maximum Gasteiger partial charge on any atom is 0.233 e. The summed E-state index contributed by atoms with van der Waals surface area (Å²) in [6.45, 7) is 1.45. The first-order chi connectivity index (χ1) is 9.04. The van der Waals surface area contributed by atoms with Gasteiger partial charge in [0.05, 0.1) is 4.99 Å². The van der Waals surface area contributed by atoms with Crippen molar-refractivity contribution in [2.45, 2.75) is 31.7 Å². The summed E-state index contributed by atoms with van der Waals surface area (Å²) in [6, 6.07) is -0.0423. The van der Waals surface area contributed by atoms with Gasteiger partial charge in [-0.05, 0) is 19.3 Å². The van der Waals surface area contributed by atoms with E-state index in [-0.39, 0.29) is 22.8 Å². The lowest BCUT2D eigenvalue weighted by Gasteiger charge is -2.36. The van der Waals surface area contributed by atoms with Crippen molar-refractivity contribution in [1.29, 1.82) is 0 Å². The molecule has 2 aliphatic heterocycles. The zero-order valence-electron chi connectivity index (χ0n) is 10.7. The van der Waals surface area contributed by atoms with Gasteiger partial charge in [-0.15, -0.1) is 0 Å². The third-order valence-corrected chi connectivity index (χ3v) is 4.24. The fourth-order valence-electron chi connectivity index (χ4n) is 2.48. The average molecular weight is 285 g/mol. The summed E-state index contributed by atoms with van der Waals surface area (Å²) >= 11 is 5.08. The van der Waals surface area contributed by atoms with E-state index in [1.54, 1.807) is 0 Å². The molecule has 2 saturated heterocycles. The van der Waals surface area contributed by atoms with Crippen LogP contribution in [0.25, 0.3) is 0 Å². The van der Waals surface area contributed by atoms with E-state index in [2.05, 4.69) is 10.6 Å². The van der Waals surface area contributed by atoms with Gasteiger partial charge in [0.2, 0.25) is 11.8 Å². The van der Waals surface area contributed by atoms with Crippen LogP contribution >= 0.6 is 12.2 Å². The molecule has 0 spiro atoms. The zero-order chi connectivity index (χ0) is 13.9. The maximum absolute atomic E-state index is 12.5. The molecule has 0 aliphatic carbocycles. The van der Waals surface area contributed by atoms with E-state index in [0.717, 1.165) is 0 Å². The molecule has 2 rings (SSSR count). The second-order valence-electron chi connectivity index (χ2n) is 5.07. The third-order valence-electron chi connectivity index (χ3n) is 3.85. The minimum absolute atomic E-state index is 0.0284. The summed E-state index contributed by atoms with van der Waals surface area (Å²) in [7, 11) is 0. The van der Waals surface area contributed by atoms with Crippen LogP contribution in [0.5, 0.6) is 0 Å². The first-order valence-corrected chi connectivity index (χ1v) is 6.91. The number of amides is 2. The predicted octanol–water partition coefficient (Wildman–Crippen LogP) is -0.536. The monoisotopic (exact) mass is 285 g/mol. The Bertz CT molecular complexity index is 384. The Morgan fingerprint density at radius 2 is 2.16 bits per heavy atom. The number of nitrogens with two attached hydrogens (primary N) is 1. The van der Waals surface area contributed by atoms with E-state index < -0.39 is 5.41 Å². The van der Waals surface area contributed by atoms with E-state index >= 15 is 0 Å². The number of thiocarbonyl (C=S) groups is 1. The Balaban J connectivity index is 2.00. The normalized spacial score (nSPS) is 26.3. The van der Waals surface area contributed by atoms with Crippen LogP contribution in [0.1, 0.15) is 25.7 Å². The van der Waals surface area contributed by atoms with E-state index in [9.17, 15) is 9.59 Å². The first kappa shape index (κ1) is 14.2. The van der Waals surface area contributed by atoms with E-state index in [0.29, 0.717) is 45.4 Å². The topological polar surface area (TPSA) is 93.5 Å². The van der Waals surface area contributed by atoms with Gasteiger partial charge < -0.3 is 21.1 Å². The molecule has 2 heterocycles. The average Bonchev–Trinajstić information content (AvgIpc) is 2.42. The summed E-state index contributed by atoms with van der Waals surface area (Å²) < 4.78 is 5.28. The van der Waals surface area contributed by atoms with Crippen molar-refractivity contribution in [2.75, 3.05) is 19.8 Å². The van der Waals surface area contributed by atoms with Crippen molar-refractivity contribution in [3.8, 4) is 0 Å². The van der Waals surface area contributed by atoms with Gasteiger partial charge in [-0.3, -0.25) is 9.59 Å². The first-order valence-electron chi connectivity index (χ1n) is 6.50. The van der Waals surface area contributed by atoms with Crippen LogP contribution in [-0.2, 0) is 14.3 Å². The van der Waals surface area contributed by atoms with Crippen molar-refractivity contribution in [3.05, 3.63) is 0 Å². The van der Waals surface area contributed by atoms with Crippen LogP contribution in [0.15, 0.2) is 0 Å². The van der Waals surface area contributed by atoms with Gasteiger partial charge in [-0.2, -0.15) is 0 Å². The van der Waals surface area contributed by atoms with Gasteiger partial charge in [0, 0.05) is 32.2 Å². The molecule has 0 radical (unpaired) electrons. The van der Waals surface area contributed by atoms with E-state index in [1.165, 1.54) is 0 Å². The molecule has 1 atom stereocenters. The van der Waals surface area contributed by atoms with Crippen LogP contribution in [0.3, 0.4) is 0 Å². The van der Waals surface area contributed by atoms with Crippen molar-refractivity contribution in [2.24, 2.45) is 11.1 Å². The Morgan fingerprint density at radius 1 is 1.47 bits per heavy atom. The lowest BCUT2D eigenvalue weighted by molar-refractivity contribution is -0.133. The number of hydrogen-bond acceptors (Lipinski definition) is 4. The molecule has 0 aromatic carbocycles. The Labute approximate surface area is 117 Å². The minimum atomic E-state index is -0.797. The third kappa shape index (κ3) is 3.03. The lowest BCUT2D eigenvalue weighted by Crippen LogP contribution is -2.56. The van der Waals surface area contributed by atoms with Gasteiger partial charge >= 0.3 is 0 Å². The van der Waals surface area contributed by atoms with Gasteiger partial charge in [0.25, 0.3) is 0 Å². The Kier molecular flexibility index (Phi) is 4.36. The van der Waals surface area contributed by atoms with Crippen LogP contribution in [0, 0.1) is 5.41 Å². The molecule has 0 bridgehead atoms. The number of hydrogen-bond donors (Lipinski definition) is 3. The molecule has 2 aliphatic rings. The Hall–Kier alpha value is -1.21. The van der Waals surface area contributed by atoms with Crippen molar-refractivity contribution < 1.29 is 14.3 Å². The molecule has 0 saturated carbocycles. The second-order valence-corrected chi connectivity index (χ2v) is 5.51. The fourth-order valence-corrected chi connectivity index (χ4v) is 2.78. The SMILES string of the molecule is NC(=S)C1(C(=O)NC2CCC(=O)NC2)CCOCC1. The largest absolute Gasteiger partial charge is 0.392 e. The highest BCUT2D eigenvalue weighted by Crippen LogP contribution is 2.31. The summed E-state index contributed by atoms with van der Waals surface area (Å²) in [6.07, 6.45) is 2.14. The van der Waals surface area contributed by atoms with Crippen LogP contribution in [0.4, 0.5) is 0 Å². The maximum atomic E-state index is 12.5. The molecule has 7 heteroatoms. The highest BCUT2D eigenvalue weighted by molar-refractivity contribution is 7.80. The number of piperidine rings is 1. The zero-order valence-corrected chi connectivity index (χ0v) is 11.6. The highest BCUT2D eigenvalue weighted by Gasteiger charge is 2.43. The fraction of sp³-hybridized carbons (Fsp3) is 0.750. The molecule has 0 aromatic rings. The van der Waals surface area contributed by atoms with Crippen molar-refractivity contribution in [1.82, 2.24) is 10.6 Å². The Morgan fingerprint density at radius 3 is 2.68 bits per heavy atom. The summed E-state index contributed by atoms with van der Waals surface area (Å²) in [4.78, 5) is 23.8. The second kappa shape index (κ2) is 5.83. The molecular formula is C12H19N3O3S. The molecular weight excluding hydrogens is 266 g/mol. The molecule has 6 nitrogen and oxygen atoms in total. The minimum Gasteiger partial charge on any atom is -0.392 e.